The number of carbonyl (C=O) groups excluding carboxylic acids is 1. The number of hydrogen-bond donors (Lipinski definition) is 1. The van der Waals surface area contributed by atoms with Crippen LogP contribution in [0.15, 0.2) is 36.4 Å². The lowest BCUT2D eigenvalue weighted by molar-refractivity contribution is -0.111. The van der Waals surface area contributed by atoms with E-state index >= 15 is 0 Å². The number of halogens is 1. The average Bonchev–Trinajstić information content (AvgIpc) is 2.67. The number of ether oxygens (including phenoxy) is 4. The summed E-state index contributed by atoms with van der Waals surface area (Å²) in [6.07, 6.45) is 3.04. The summed E-state index contributed by atoms with van der Waals surface area (Å²) in [5, 5.41) is 3.18. The van der Waals surface area contributed by atoms with E-state index in [0.29, 0.717) is 45.9 Å². The smallest absolute Gasteiger partial charge is 0.248 e. The van der Waals surface area contributed by atoms with Crippen molar-refractivity contribution in [3.8, 4) is 23.0 Å². The van der Waals surface area contributed by atoms with E-state index in [1.54, 1.807) is 43.5 Å². The maximum absolute atomic E-state index is 12.2. The van der Waals surface area contributed by atoms with Crippen LogP contribution in [0.5, 0.6) is 23.0 Å². The van der Waals surface area contributed by atoms with E-state index in [2.05, 4.69) is 5.32 Å². The molecule has 0 aliphatic heterocycles. The van der Waals surface area contributed by atoms with Gasteiger partial charge in [0, 0.05) is 17.8 Å². The van der Waals surface area contributed by atoms with E-state index in [1.807, 2.05) is 6.92 Å². The molecule has 0 aliphatic rings. The summed E-state index contributed by atoms with van der Waals surface area (Å²) in [5.41, 5.74) is 1.30. The number of benzene rings is 2. The molecule has 7 heteroatoms. The monoisotopic (exact) mass is 391 g/mol. The molecule has 0 atom stereocenters. The summed E-state index contributed by atoms with van der Waals surface area (Å²) >= 11 is 6.23. The summed E-state index contributed by atoms with van der Waals surface area (Å²) in [5.74, 6) is 1.80. The second-order valence-electron chi connectivity index (χ2n) is 5.36. The third-order valence-electron chi connectivity index (χ3n) is 3.62. The van der Waals surface area contributed by atoms with Gasteiger partial charge in [-0.1, -0.05) is 11.6 Å². The molecule has 0 bridgehead atoms. The van der Waals surface area contributed by atoms with Gasteiger partial charge in [-0.2, -0.15) is 0 Å². The molecule has 0 unspecified atom stereocenters. The van der Waals surface area contributed by atoms with Gasteiger partial charge in [-0.3, -0.25) is 4.79 Å². The maximum atomic E-state index is 12.2. The Morgan fingerprint density at radius 3 is 2.37 bits per heavy atom. The van der Waals surface area contributed by atoms with Crippen LogP contribution in [0, 0.1) is 0 Å². The highest BCUT2D eigenvalue weighted by Gasteiger charge is 2.11. The van der Waals surface area contributed by atoms with Crippen LogP contribution in [0.2, 0.25) is 5.02 Å². The zero-order valence-electron chi connectivity index (χ0n) is 15.7. The fourth-order valence-electron chi connectivity index (χ4n) is 2.39. The Morgan fingerprint density at radius 1 is 1.04 bits per heavy atom. The molecule has 0 saturated carbocycles. The summed E-state index contributed by atoms with van der Waals surface area (Å²) in [6, 6.07) is 8.58. The molecule has 2 rings (SSSR count). The molecule has 0 aromatic heterocycles. The van der Waals surface area contributed by atoms with E-state index in [-0.39, 0.29) is 5.91 Å². The average molecular weight is 392 g/mol. The molecule has 0 radical (unpaired) electrons. The standard InChI is InChI=1S/C20H22ClNO5/c1-5-27-20-15(21)10-13(11-18(20)26-4)6-9-19(23)22-14-7-8-16(24-2)17(12-14)25-3/h6-12H,5H2,1-4H3,(H,22,23)/b9-6+. The highest BCUT2D eigenvalue weighted by atomic mass is 35.5. The third kappa shape index (κ3) is 5.31. The minimum Gasteiger partial charge on any atom is -0.493 e. The topological polar surface area (TPSA) is 66.0 Å². The lowest BCUT2D eigenvalue weighted by Gasteiger charge is -2.12. The Kier molecular flexibility index (Phi) is 7.37. The number of amides is 1. The van der Waals surface area contributed by atoms with Crippen molar-refractivity contribution in [2.24, 2.45) is 0 Å². The maximum Gasteiger partial charge on any atom is 0.248 e. The fraction of sp³-hybridized carbons (Fsp3) is 0.250. The first-order chi connectivity index (χ1) is 13.0. The van der Waals surface area contributed by atoms with Gasteiger partial charge in [-0.15, -0.1) is 0 Å². The Bertz CT molecular complexity index is 835. The molecule has 2 aromatic carbocycles. The molecule has 0 heterocycles. The first kappa shape index (κ1) is 20.5. The second-order valence-corrected chi connectivity index (χ2v) is 5.77. The first-order valence-electron chi connectivity index (χ1n) is 8.23. The normalized spacial score (nSPS) is 10.6. The third-order valence-corrected chi connectivity index (χ3v) is 3.90. The highest BCUT2D eigenvalue weighted by Crippen LogP contribution is 2.36. The molecule has 0 aliphatic carbocycles. The van der Waals surface area contributed by atoms with Gasteiger partial charge in [-0.25, -0.2) is 0 Å². The number of rotatable bonds is 8. The van der Waals surface area contributed by atoms with Gasteiger partial charge in [0.25, 0.3) is 0 Å². The van der Waals surface area contributed by atoms with Crippen molar-refractivity contribution in [3.63, 3.8) is 0 Å². The van der Waals surface area contributed by atoms with Gasteiger partial charge in [0.05, 0.1) is 33.0 Å². The molecular weight excluding hydrogens is 370 g/mol. The van der Waals surface area contributed by atoms with Gasteiger partial charge in [0.1, 0.15) is 0 Å². The Labute approximate surface area is 163 Å². The van der Waals surface area contributed by atoms with Crippen molar-refractivity contribution in [1.29, 1.82) is 0 Å². The predicted octanol–water partition coefficient (Wildman–Crippen LogP) is 4.42. The molecule has 0 fully saturated rings. The van der Waals surface area contributed by atoms with Crippen LogP contribution in [0.25, 0.3) is 6.08 Å². The summed E-state index contributed by atoms with van der Waals surface area (Å²) in [7, 11) is 4.62. The van der Waals surface area contributed by atoms with Gasteiger partial charge in [0.15, 0.2) is 23.0 Å². The van der Waals surface area contributed by atoms with Crippen LogP contribution in [0.4, 0.5) is 5.69 Å². The molecule has 0 saturated heterocycles. The molecule has 6 nitrogen and oxygen atoms in total. The second kappa shape index (κ2) is 9.73. The Hall–Kier alpha value is -2.86. The zero-order valence-corrected chi connectivity index (χ0v) is 16.4. The molecule has 1 N–H and O–H groups in total. The summed E-state index contributed by atoms with van der Waals surface area (Å²) < 4.78 is 21.2. The van der Waals surface area contributed by atoms with Gasteiger partial charge >= 0.3 is 0 Å². The van der Waals surface area contributed by atoms with Gasteiger partial charge in [-0.05, 0) is 42.8 Å². The van der Waals surface area contributed by atoms with Crippen LogP contribution < -0.4 is 24.3 Å². The number of anilines is 1. The van der Waals surface area contributed by atoms with E-state index in [4.69, 9.17) is 30.5 Å². The van der Waals surface area contributed by atoms with Crippen molar-refractivity contribution >= 4 is 29.3 Å². The Balaban J connectivity index is 2.14. The fourth-order valence-corrected chi connectivity index (χ4v) is 2.66. The van der Waals surface area contributed by atoms with Gasteiger partial charge < -0.3 is 24.3 Å². The lowest BCUT2D eigenvalue weighted by atomic mass is 10.2. The molecule has 144 valence electrons. The minimum absolute atomic E-state index is 0.300. The summed E-state index contributed by atoms with van der Waals surface area (Å²) in [6.45, 7) is 2.33. The van der Waals surface area contributed by atoms with Crippen molar-refractivity contribution in [2.75, 3.05) is 33.3 Å². The van der Waals surface area contributed by atoms with Crippen molar-refractivity contribution in [1.82, 2.24) is 0 Å². The Morgan fingerprint density at radius 2 is 1.74 bits per heavy atom. The van der Waals surface area contributed by atoms with Crippen molar-refractivity contribution in [3.05, 3.63) is 47.0 Å². The largest absolute Gasteiger partial charge is 0.493 e. The highest BCUT2D eigenvalue weighted by molar-refractivity contribution is 6.32. The van der Waals surface area contributed by atoms with Crippen LogP contribution in [0.3, 0.4) is 0 Å². The van der Waals surface area contributed by atoms with E-state index in [0.717, 1.165) is 0 Å². The number of carbonyl (C=O) groups is 1. The van der Waals surface area contributed by atoms with E-state index < -0.39 is 0 Å². The number of hydrogen-bond acceptors (Lipinski definition) is 5. The van der Waals surface area contributed by atoms with Crippen LogP contribution in [-0.4, -0.2) is 33.8 Å². The van der Waals surface area contributed by atoms with Crippen LogP contribution >= 0.6 is 11.6 Å². The minimum atomic E-state index is -0.300. The van der Waals surface area contributed by atoms with E-state index in [9.17, 15) is 4.79 Å². The lowest BCUT2D eigenvalue weighted by Crippen LogP contribution is -2.08. The molecule has 1 amide bonds. The zero-order chi connectivity index (χ0) is 19.8. The number of methoxy groups -OCH3 is 3. The van der Waals surface area contributed by atoms with Crippen molar-refractivity contribution in [2.45, 2.75) is 6.92 Å². The summed E-state index contributed by atoms with van der Waals surface area (Å²) in [4.78, 5) is 12.2. The quantitative estimate of drug-likeness (QED) is 0.675. The van der Waals surface area contributed by atoms with E-state index in [1.165, 1.54) is 20.3 Å². The van der Waals surface area contributed by atoms with Crippen molar-refractivity contribution < 1.29 is 23.7 Å². The van der Waals surface area contributed by atoms with Crippen LogP contribution in [-0.2, 0) is 4.79 Å². The number of nitrogens with one attached hydrogen (secondary N) is 1. The van der Waals surface area contributed by atoms with Gasteiger partial charge in [0.2, 0.25) is 5.91 Å². The molecular formula is C20H22ClNO5. The van der Waals surface area contributed by atoms with Crippen LogP contribution in [0.1, 0.15) is 12.5 Å². The molecule has 0 spiro atoms. The molecule has 2 aromatic rings. The first-order valence-corrected chi connectivity index (χ1v) is 8.61. The SMILES string of the molecule is CCOc1c(Cl)cc(/C=C/C(=O)Nc2ccc(OC)c(OC)c2)cc1OC. The predicted molar refractivity (Wildman–Crippen MR) is 106 cm³/mol. The molecule has 27 heavy (non-hydrogen) atoms.